The Balaban J connectivity index is 2.08. The largest absolute Gasteiger partial charge is 0.496 e. The third kappa shape index (κ3) is 4.62. The Hall–Kier alpha value is -2.26. The fourth-order valence-electron chi connectivity index (χ4n) is 2.54. The van der Waals surface area contributed by atoms with Crippen LogP contribution in [-0.4, -0.2) is 13.0 Å². The number of ether oxygens (including phenoxy) is 1. The maximum Gasteiger partial charge on any atom is 0.244 e. The highest BCUT2D eigenvalue weighted by Crippen LogP contribution is 2.24. The molecule has 3 nitrogen and oxygen atoms in total. The van der Waals surface area contributed by atoms with Crippen LogP contribution in [0.2, 0.25) is 5.02 Å². The topological polar surface area (TPSA) is 38.3 Å². The molecule has 2 aromatic carbocycles. The van der Waals surface area contributed by atoms with Crippen molar-refractivity contribution in [2.75, 3.05) is 7.11 Å². The third-order valence-electron chi connectivity index (χ3n) is 3.87. The minimum absolute atomic E-state index is 0.0435. The van der Waals surface area contributed by atoms with Gasteiger partial charge in [-0.05, 0) is 48.2 Å². The van der Waals surface area contributed by atoms with Crippen molar-refractivity contribution in [1.82, 2.24) is 5.32 Å². The molecular weight excluding hydrogens is 322 g/mol. The van der Waals surface area contributed by atoms with Gasteiger partial charge in [-0.3, -0.25) is 4.79 Å². The Morgan fingerprint density at radius 3 is 2.67 bits per heavy atom. The number of hydrogen-bond acceptors (Lipinski definition) is 2. The molecule has 0 spiro atoms. The summed E-state index contributed by atoms with van der Waals surface area (Å²) in [6.45, 7) is 4.04. The van der Waals surface area contributed by atoms with Crippen molar-refractivity contribution < 1.29 is 9.53 Å². The molecule has 0 aliphatic carbocycles. The molecular formula is C20H22ClNO2. The lowest BCUT2D eigenvalue weighted by atomic mass is 10.0. The van der Waals surface area contributed by atoms with Crippen molar-refractivity contribution in [1.29, 1.82) is 0 Å². The van der Waals surface area contributed by atoms with Crippen molar-refractivity contribution in [2.45, 2.75) is 26.3 Å². The van der Waals surface area contributed by atoms with Crippen molar-refractivity contribution in [2.24, 2.45) is 0 Å². The quantitative estimate of drug-likeness (QED) is 0.754. The molecule has 0 bridgehead atoms. The summed E-state index contributed by atoms with van der Waals surface area (Å²) in [5.41, 5.74) is 2.94. The summed E-state index contributed by atoms with van der Waals surface area (Å²) in [5.74, 6) is 0.703. The zero-order valence-electron chi connectivity index (χ0n) is 14.2. The number of hydrogen-bond donors (Lipinski definition) is 1. The van der Waals surface area contributed by atoms with Crippen molar-refractivity contribution in [3.63, 3.8) is 0 Å². The van der Waals surface area contributed by atoms with Crippen LogP contribution in [0, 0.1) is 6.92 Å². The number of halogens is 1. The standard InChI is InChI=1S/C20H22ClNO2/c1-4-18(16-9-11-19(24-3)14(2)13-16)22-20(23)12-10-15-7-5-6-8-17(15)21/h5-13,18H,4H2,1-3H3,(H,22,23)/b12-10+. The molecule has 1 unspecified atom stereocenters. The fraction of sp³-hybridized carbons (Fsp3) is 0.250. The van der Waals surface area contributed by atoms with Crippen molar-refractivity contribution in [3.05, 3.63) is 70.3 Å². The lowest BCUT2D eigenvalue weighted by molar-refractivity contribution is -0.117. The van der Waals surface area contributed by atoms with E-state index in [9.17, 15) is 4.79 Å². The highest BCUT2D eigenvalue weighted by molar-refractivity contribution is 6.32. The Morgan fingerprint density at radius 1 is 1.29 bits per heavy atom. The minimum atomic E-state index is -0.143. The van der Waals surface area contributed by atoms with Crippen LogP contribution in [0.4, 0.5) is 0 Å². The smallest absolute Gasteiger partial charge is 0.244 e. The summed E-state index contributed by atoms with van der Waals surface area (Å²) in [4.78, 5) is 12.2. The van der Waals surface area contributed by atoms with Gasteiger partial charge >= 0.3 is 0 Å². The summed E-state index contributed by atoms with van der Waals surface area (Å²) in [6.07, 6.45) is 4.04. The molecule has 0 radical (unpaired) electrons. The minimum Gasteiger partial charge on any atom is -0.496 e. The lowest BCUT2D eigenvalue weighted by Gasteiger charge is -2.18. The molecule has 0 saturated heterocycles. The number of aryl methyl sites for hydroxylation is 1. The molecule has 0 aromatic heterocycles. The van der Waals surface area contributed by atoms with Crippen LogP contribution in [0.1, 0.15) is 36.1 Å². The van der Waals surface area contributed by atoms with Gasteiger partial charge in [-0.1, -0.05) is 48.9 Å². The molecule has 1 atom stereocenters. The summed E-state index contributed by atoms with van der Waals surface area (Å²) >= 11 is 6.09. The third-order valence-corrected chi connectivity index (χ3v) is 4.21. The van der Waals surface area contributed by atoms with E-state index in [1.165, 1.54) is 6.08 Å². The molecule has 2 aromatic rings. The molecule has 0 aliphatic heterocycles. The van der Waals surface area contributed by atoms with Crippen LogP contribution in [0.3, 0.4) is 0 Å². The average Bonchev–Trinajstić information content (AvgIpc) is 2.59. The second-order valence-corrected chi connectivity index (χ2v) is 5.96. The van der Waals surface area contributed by atoms with Crippen LogP contribution in [0.5, 0.6) is 5.75 Å². The van der Waals surface area contributed by atoms with E-state index in [0.717, 1.165) is 28.9 Å². The van der Waals surface area contributed by atoms with Gasteiger partial charge in [0.05, 0.1) is 13.2 Å². The van der Waals surface area contributed by atoms with E-state index in [2.05, 4.69) is 5.32 Å². The monoisotopic (exact) mass is 343 g/mol. The predicted molar refractivity (Wildman–Crippen MR) is 99.4 cm³/mol. The molecule has 1 N–H and O–H groups in total. The molecule has 126 valence electrons. The van der Waals surface area contributed by atoms with Crippen molar-refractivity contribution in [3.8, 4) is 5.75 Å². The first-order valence-corrected chi connectivity index (χ1v) is 8.30. The normalized spacial score (nSPS) is 12.2. The number of nitrogens with one attached hydrogen (secondary N) is 1. The molecule has 0 aliphatic rings. The molecule has 2 rings (SSSR count). The van der Waals surface area contributed by atoms with E-state index in [4.69, 9.17) is 16.3 Å². The summed E-state index contributed by atoms with van der Waals surface area (Å²) in [6, 6.07) is 13.3. The van der Waals surface area contributed by atoms with Crippen LogP contribution in [-0.2, 0) is 4.79 Å². The molecule has 1 amide bonds. The van der Waals surface area contributed by atoms with Crippen LogP contribution in [0.15, 0.2) is 48.5 Å². The maximum atomic E-state index is 12.2. The first-order valence-electron chi connectivity index (χ1n) is 7.92. The molecule has 0 saturated carbocycles. The Labute approximate surface area is 148 Å². The molecule has 0 fully saturated rings. The molecule has 24 heavy (non-hydrogen) atoms. The fourth-order valence-corrected chi connectivity index (χ4v) is 2.73. The average molecular weight is 344 g/mol. The highest BCUT2D eigenvalue weighted by atomic mass is 35.5. The summed E-state index contributed by atoms with van der Waals surface area (Å²) < 4.78 is 5.28. The van der Waals surface area contributed by atoms with E-state index < -0.39 is 0 Å². The van der Waals surface area contributed by atoms with E-state index in [1.54, 1.807) is 19.3 Å². The zero-order valence-corrected chi connectivity index (χ0v) is 14.9. The number of carbonyl (C=O) groups is 1. The van der Waals surface area contributed by atoms with Gasteiger partial charge in [0.25, 0.3) is 0 Å². The highest BCUT2D eigenvalue weighted by Gasteiger charge is 2.12. The number of benzene rings is 2. The van der Waals surface area contributed by atoms with E-state index in [0.29, 0.717) is 5.02 Å². The first-order chi connectivity index (χ1) is 11.5. The number of carbonyl (C=O) groups excluding carboxylic acids is 1. The predicted octanol–water partition coefficient (Wildman–Crippen LogP) is 4.94. The van der Waals surface area contributed by atoms with Crippen molar-refractivity contribution >= 4 is 23.6 Å². The van der Waals surface area contributed by atoms with Crippen LogP contribution in [0.25, 0.3) is 6.08 Å². The van der Waals surface area contributed by atoms with Gasteiger partial charge in [0.15, 0.2) is 0 Å². The Morgan fingerprint density at radius 2 is 2.04 bits per heavy atom. The van der Waals surface area contributed by atoms with Gasteiger partial charge in [-0.15, -0.1) is 0 Å². The first kappa shape index (κ1) is 18.1. The number of methoxy groups -OCH3 is 1. The van der Waals surface area contributed by atoms with E-state index in [1.807, 2.05) is 50.2 Å². The van der Waals surface area contributed by atoms with Crippen LogP contribution >= 0.6 is 11.6 Å². The van der Waals surface area contributed by atoms with Gasteiger partial charge in [-0.25, -0.2) is 0 Å². The van der Waals surface area contributed by atoms with Gasteiger partial charge in [0.1, 0.15) is 5.75 Å². The zero-order chi connectivity index (χ0) is 17.5. The summed E-state index contributed by atoms with van der Waals surface area (Å²) in [5, 5.41) is 3.65. The van der Waals surface area contributed by atoms with Gasteiger partial charge in [0, 0.05) is 11.1 Å². The Bertz CT molecular complexity index is 740. The summed E-state index contributed by atoms with van der Waals surface area (Å²) in [7, 11) is 1.65. The van der Waals surface area contributed by atoms with Gasteiger partial charge in [0.2, 0.25) is 5.91 Å². The van der Waals surface area contributed by atoms with Crippen LogP contribution < -0.4 is 10.1 Å². The lowest BCUT2D eigenvalue weighted by Crippen LogP contribution is -2.26. The SMILES string of the molecule is CCC(NC(=O)/C=C/c1ccccc1Cl)c1ccc(OC)c(C)c1. The maximum absolute atomic E-state index is 12.2. The molecule has 4 heteroatoms. The van der Waals surface area contributed by atoms with Gasteiger partial charge < -0.3 is 10.1 Å². The number of amides is 1. The second-order valence-electron chi connectivity index (χ2n) is 5.55. The van der Waals surface area contributed by atoms with E-state index >= 15 is 0 Å². The number of rotatable bonds is 6. The second kappa shape index (κ2) is 8.55. The Kier molecular flexibility index (Phi) is 6.44. The molecule has 0 heterocycles. The van der Waals surface area contributed by atoms with E-state index in [-0.39, 0.29) is 11.9 Å². The van der Waals surface area contributed by atoms with Gasteiger partial charge in [-0.2, -0.15) is 0 Å².